The number of hydrogen-bond acceptors (Lipinski definition) is 1. The van der Waals surface area contributed by atoms with Crippen LogP contribution in [0.15, 0.2) is 22.7 Å². The van der Waals surface area contributed by atoms with Gasteiger partial charge in [0, 0.05) is 6.04 Å². The SMILES string of the molecule is CCC(C)C(C)Nc1cccc(Cl)c1Br. The third-order valence-corrected chi connectivity index (χ3v) is 4.23. The summed E-state index contributed by atoms with van der Waals surface area (Å²) in [6.07, 6.45) is 1.17. The summed E-state index contributed by atoms with van der Waals surface area (Å²) in [5.74, 6) is 0.649. The number of rotatable bonds is 4. The van der Waals surface area contributed by atoms with Crippen molar-refractivity contribution in [2.45, 2.75) is 33.2 Å². The molecule has 0 bridgehead atoms. The maximum atomic E-state index is 6.02. The molecule has 0 spiro atoms. The Morgan fingerprint density at radius 3 is 2.67 bits per heavy atom. The van der Waals surface area contributed by atoms with Gasteiger partial charge in [-0.05, 0) is 40.9 Å². The molecule has 0 radical (unpaired) electrons. The van der Waals surface area contributed by atoms with E-state index in [-0.39, 0.29) is 0 Å². The minimum atomic E-state index is 0.449. The molecule has 2 unspecified atom stereocenters. The van der Waals surface area contributed by atoms with Gasteiger partial charge in [0.2, 0.25) is 0 Å². The molecule has 0 heterocycles. The van der Waals surface area contributed by atoms with E-state index in [0.29, 0.717) is 12.0 Å². The van der Waals surface area contributed by atoms with Gasteiger partial charge in [-0.2, -0.15) is 0 Å². The average molecular weight is 291 g/mol. The van der Waals surface area contributed by atoms with Crippen molar-refractivity contribution < 1.29 is 0 Å². The quantitative estimate of drug-likeness (QED) is 0.827. The van der Waals surface area contributed by atoms with Crippen LogP contribution < -0.4 is 5.32 Å². The molecule has 0 aliphatic carbocycles. The molecule has 84 valence electrons. The third kappa shape index (κ3) is 3.39. The number of halogens is 2. The van der Waals surface area contributed by atoms with Crippen molar-refractivity contribution in [1.82, 2.24) is 0 Å². The standard InChI is InChI=1S/C12H17BrClN/c1-4-8(2)9(3)15-11-7-5-6-10(14)12(11)13/h5-9,15H,4H2,1-3H3. The lowest BCUT2D eigenvalue weighted by Gasteiger charge is -2.22. The summed E-state index contributed by atoms with van der Waals surface area (Å²) in [4.78, 5) is 0. The van der Waals surface area contributed by atoms with Crippen LogP contribution in [0.5, 0.6) is 0 Å². The average Bonchev–Trinajstić information content (AvgIpc) is 2.23. The summed E-state index contributed by atoms with van der Waals surface area (Å²) in [6, 6.07) is 6.32. The molecule has 1 aromatic rings. The van der Waals surface area contributed by atoms with E-state index in [1.165, 1.54) is 6.42 Å². The van der Waals surface area contributed by atoms with Gasteiger partial charge in [-0.25, -0.2) is 0 Å². The Bertz CT molecular complexity index is 327. The molecule has 1 aromatic carbocycles. The summed E-state index contributed by atoms with van der Waals surface area (Å²) in [6.45, 7) is 6.65. The first kappa shape index (κ1) is 12.9. The van der Waals surface area contributed by atoms with Crippen LogP contribution in [0.3, 0.4) is 0 Å². The van der Waals surface area contributed by atoms with E-state index in [0.717, 1.165) is 15.2 Å². The van der Waals surface area contributed by atoms with Crippen LogP contribution in [0.25, 0.3) is 0 Å². The van der Waals surface area contributed by atoms with Crippen LogP contribution in [0.2, 0.25) is 5.02 Å². The fourth-order valence-electron chi connectivity index (χ4n) is 1.36. The molecular weight excluding hydrogens is 273 g/mol. The maximum Gasteiger partial charge on any atom is 0.0593 e. The van der Waals surface area contributed by atoms with Crippen molar-refractivity contribution in [2.75, 3.05) is 5.32 Å². The van der Waals surface area contributed by atoms with Crippen molar-refractivity contribution in [3.63, 3.8) is 0 Å². The molecule has 0 saturated carbocycles. The first-order valence-electron chi connectivity index (χ1n) is 5.26. The van der Waals surface area contributed by atoms with Gasteiger partial charge in [-0.3, -0.25) is 0 Å². The summed E-state index contributed by atoms with van der Waals surface area (Å²) >= 11 is 9.51. The van der Waals surface area contributed by atoms with Crippen molar-refractivity contribution in [2.24, 2.45) is 5.92 Å². The Balaban J connectivity index is 2.76. The van der Waals surface area contributed by atoms with E-state index in [4.69, 9.17) is 11.6 Å². The lowest BCUT2D eigenvalue weighted by Crippen LogP contribution is -2.23. The molecule has 2 atom stereocenters. The van der Waals surface area contributed by atoms with Crippen molar-refractivity contribution >= 4 is 33.2 Å². The van der Waals surface area contributed by atoms with Crippen LogP contribution in [0, 0.1) is 5.92 Å². The first-order valence-corrected chi connectivity index (χ1v) is 6.44. The summed E-state index contributed by atoms with van der Waals surface area (Å²) in [7, 11) is 0. The fraction of sp³-hybridized carbons (Fsp3) is 0.500. The minimum Gasteiger partial charge on any atom is -0.381 e. The summed E-state index contributed by atoms with van der Waals surface area (Å²) < 4.78 is 0.946. The van der Waals surface area contributed by atoms with Crippen molar-refractivity contribution in [3.8, 4) is 0 Å². The van der Waals surface area contributed by atoms with Crippen molar-refractivity contribution in [3.05, 3.63) is 27.7 Å². The van der Waals surface area contributed by atoms with E-state index in [9.17, 15) is 0 Å². The maximum absolute atomic E-state index is 6.02. The highest BCUT2D eigenvalue weighted by atomic mass is 79.9. The Morgan fingerprint density at radius 2 is 2.07 bits per heavy atom. The predicted octanol–water partition coefficient (Wildman–Crippen LogP) is 4.95. The van der Waals surface area contributed by atoms with Gasteiger partial charge in [-0.1, -0.05) is 37.9 Å². The summed E-state index contributed by atoms with van der Waals surface area (Å²) in [5.41, 5.74) is 1.07. The first-order chi connectivity index (χ1) is 7.06. The molecule has 0 aliphatic rings. The lowest BCUT2D eigenvalue weighted by atomic mass is 10.0. The van der Waals surface area contributed by atoms with Crippen LogP contribution in [0.1, 0.15) is 27.2 Å². The Kier molecular flexibility index (Phi) is 4.94. The van der Waals surface area contributed by atoms with E-state index >= 15 is 0 Å². The van der Waals surface area contributed by atoms with Gasteiger partial charge >= 0.3 is 0 Å². The number of anilines is 1. The number of nitrogens with one attached hydrogen (secondary N) is 1. The Labute approximate surface area is 105 Å². The van der Waals surface area contributed by atoms with Crippen LogP contribution in [-0.2, 0) is 0 Å². The molecule has 0 amide bonds. The molecule has 1 rings (SSSR count). The molecule has 3 heteroatoms. The highest BCUT2D eigenvalue weighted by molar-refractivity contribution is 9.10. The largest absolute Gasteiger partial charge is 0.381 e. The molecule has 0 aromatic heterocycles. The topological polar surface area (TPSA) is 12.0 Å². The van der Waals surface area contributed by atoms with Gasteiger partial charge in [0.05, 0.1) is 15.2 Å². The van der Waals surface area contributed by atoms with Crippen molar-refractivity contribution in [1.29, 1.82) is 0 Å². The summed E-state index contributed by atoms with van der Waals surface area (Å²) in [5, 5.41) is 4.22. The fourth-order valence-corrected chi connectivity index (χ4v) is 1.91. The van der Waals surface area contributed by atoms with E-state index in [2.05, 4.69) is 42.0 Å². The predicted molar refractivity (Wildman–Crippen MR) is 71.7 cm³/mol. The second-order valence-corrected chi connectivity index (χ2v) is 5.12. The molecule has 0 fully saturated rings. The van der Waals surface area contributed by atoms with Crippen LogP contribution in [-0.4, -0.2) is 6.04 Å². The Morgan fingerprint density at radius 1 is 1.40 bits per heavy atom. The van der Waals surface area contributed by atoms with Gasteiger partial charge in [0.25, 0.3) is 0 Å². The van der Waals surface area contributed by atoms with E-state index < -0.39 is 0 Å². The van der Waals surface area contributed by atoms with Gasteiger partial charge in [-0.15, -0.1) is 0 Å². The number of benzene rings is 1. The zero-order valence-corrected chi connectivity index (χ0v) is 11.7. The molecule has 15 heavy (non-hydrogen) atoms. The highest BCUT2D eigenvalue weighted by Crippen LogP contribution is 2.31. The van der Waals surface area contributed by atoms with E-state index in [1.807, 2.05) is 18.2 Å². The zero-order valence-electron chi connectivity index (χ0n) is 9.35. The monoisotopic (exact) mass is 289 g/mol. The van der Waals surface area contributed by atoms with Crippen LogP contribution >= 0.6 is 27.5 Å². The van der Waals surface area contributed by atoms with Gasteiger partial charge < -0.3 is 5.32 Å². The molecule has 0 saturated heterocycles. The molecule has 1 N–H and O–H groups in total. The number of hydrogen-bond donors (Lipinski definition) is 1. The van der Waals surface area contributed by atoms with Gasteiger partial charge in [0.1, 0.15) is 0 Å². The molecule has 1 nitrogen and oxygen atoms in total. The highest BCUT2D eigenvalue weighted by Gasteiger charge is 2.11. The lowest BCUT2D eigenvalue weighted by molar-refractivity contribution is 0.494. The van der Waals surface area contributed by atoms with Gasteiger partial charge in [0.15, 0.2) is 0 Å². The Hall–Kier alpha value is -0.210. The minimum absolute atomic E-state index is 0.449. The molecular formula is C12H17BrClN. The zero-order chi connectivity index (χ0) is 11.4. The second-order valence-electron chi connectivity index (χ2n) is 3.92. The third-order valence-electron chi connectivity index (χ3n) is 2.83. The second kappa shape index (κ2) is 5.76. The smallest absolute Gasteiger partial charge is 0.0593 e. The van der Waals surface area contributed by atoms with Crippen LogP contribution in [0.4, 0.5) is 5.69 Å². The molecule has 0 aliphatic heterocycles. The van der Waals surface area contributed by atoms with E-state index in [1.54, 1.807) is 0 Å². The normalized spacial score (nSPS) is 14.7.